The molecule has 0 aliphatic heterocycles. The first-order chi connectivity index (χ1) is 6.87. The summed E-state index contributed by atoms with van der Waals surface area (Å²) in [5, 5.41) is 0. The molecule has 2 N–H and O–H groups in total. The van der Waals surface area contributed by atoms with Crippen molar-refractivity contribution >= 4 is 22.9 Å². The Labute approximate surface area is 101 Å². The van der Waals surface area contributed by atoms with Crippen LogP contribution in [-0.2, 0) is 6.54 Å². The first kappa shape index (κ1) is 13.0. The van der Waals surface area contributed by atoms with Gasteiger partial charge in [0.25, 0.3) is 0 Å². The fourth-order valence-electron chi connectivity index (χ4n) is 1.26. The number of hydrogen-bond acceptors (Lipinski definition) is 3. The molecule has 0 aliphatic rings. The van der Waals surface area contributed by atoms with Crippen LogP contribution < -0.4 is 5.73 Å². The molecule has 0 radical (unpaired) electrons. The number of thiophene rings is 1. The Morgan fingerprint density at radius 1 is 1.47 bits per heavy atom. The van der Waals surface area contributed by atoms with Crippen molar-refractivity contribution < 1.29 is 0 Å². The van der Waals surface area contributed by atoms with E-state index in [1.165, 1.54) is 4.88 Å². The molecule has 4 heteroatoms. The van der Waals surface area contributed by atoms with Gasteiger partial charge >= 0.3 is 0 Å². The summed E-state index contributed by atoms with van der Waals surface area (Å²) in [6.45, 7) is 6.08. The van der Waals surface area contributed by atoms with Crippen LogP contribution in [0.3, 0.4) is 0 Å². The molecule has 0 amide bonds. The van der Waals surface area contributed by atoms with Crippen LogP contribution in [0.15, 0.2) is 12.1 Å². The summed E-state index contributed by atoms with van der Waals surface area (Å²) in [4.78, 5) is 3.58. The Bertz CT molecular complexity index is 304. The summed E-state index contributed by atoms with van der Waals surface area (Å²) in [6.07, 6.45) is 1.00. The molecule has 1 aromatic rings. The van der Waals surface area contributed by atoms with Gasteiger partial charge in [-0.1, -0.05) is 11.6 Å². The number of rotatable bonds is 5. The van der Waals surface area contributed by atoms with Crippen LogP contribution in [0.25, 0.3) is 0 Å². The lowest BCUT2D eigenvalue weighted by Gasteiger charge is -2.23. The molecule has 1 aromatic heterocycles. The van der Waals surface area contributed by atoms with Crippen molar-refractivity contribution in [3.05, 3.63) is 21.3 Å². The van der Waals surface area contributed by atoms with Crippen LogP contribution in [0.4, 0.5) is 0 Å². The predicted octanol–water partition coefficient (Wildman–Crippen LogP) is 2.96. The summed E-state index contributed by atoms with van der Waals surface area (Å²) in [6, 6.07) is 4.03. The minimum absolute atomic E-state index is 0.0820. The number of nitrogens with zero attached hydrogens (tertiary/aromatic N) is 1. The highest BCUT2D eigenvalue weighted by Gasteiger charge is 2.12. The summed E-state index contributed by atoms with van der Waals surface area (Å²) < 4.78 is 0.859. The van der Waals surface area contributed by atoms with E-state index < -0.39 is 0 Å². The largest absolute Gasteiger partial charge is 0.326 e. The van der Waals surface area contributed by atoms with Gasteiger partial charge in [0.2, 0.25) is 0 Å². The van der Waals surface area contributed by atoms with Crippen LogP contribution in [0.5, 0.6) is 0 Å². The maximum atomic E-state index is 5.94. The minimum Gasteiger partial charge on any atom is -0.326 e. The molecule has 0 aromatic carbocycles. The van der Waals surface area contributed by atoms with Gasteiger partial charge in [-0.2, -0.15) is 0 Å². The molecule has 0 bridgehead atoms. The van der Waals surface area contributed by atoms with Crippen molar-refractivity contribution in [2.24, 2.45) is 5.73 Å². The van der Waals surface area contributed by atoms with Crippen LogP contribution in [0.2, 0.25) is 4.34 Å². The van der Waals surface area contributed by atoms with Gasteiger partial charge in [0.1, 0.15) is 0 Å². The molecular weight excluding hydrogens is 228 g/mol. The first-order valence-corrected chi connectivity index (χ1v) is 6.28. The topological polar surface area (TPSA) is 29.3 Å². The standard InChI is InChI=1S/C11H19ClN2S/c1-11(2,13)6-7-14(3)8-9-4-5-10(12)15-9/h4-5H,6-8,13H2,1-3H3. The fourth-order valence-corrected chi connectivity index (χ4v) is 2.43. The smallest absolute Gasteiger partial charge is 0.0931 e. The van der Waals surface area contributed by atoms with Gasteiger partial charge in [0.05, 0.1) is 4.34 Å². The van der Waals surface area contributed by atoms with Crippen molar-refractivity contribution in [3.8, 4) is 0 Å². The molecule has 0 fully saturated rings. The monoisotopic (exact) mass is 246 g/mol. The van der Waals surface area contributed by atoms with Gasteiger partial charge in [-0.25, -0.2) is 0 Å². The molecule has 0 atom stereocenters. The Kier molecular flexibility index (Phi) is 4.59. The van der Waals surface area contributed by atoms with Gasteiger partial charge in [-0.3, -0.25) is 0 Å². The van der Waals surface area contributed by atoms with Gasteiger partial charge in [0.15, 0.2) is 0 Å². The SMILES string of the molecule is CN(CCC(C)(C)N)Cc1ccc(Cl)s1. The Morgan fingerprint density at radius 3 is 2.60 bits per heavy atom. The highest BCUT2D eigenvalue weighted by atomic mass is 35.5. The zero-order valence-corrected chi connectivity index (χ0v) is 11.2. The van der Waals surface area contributed by atoms with E-state index in [0.29, 0.717) is 0 Å². The zero-order chi connectivity index (χ0) is 11.5. The van der Waals surface area contributed by atoms with E-state index in [9.17, 15) is 0 Å². The second kappa shape index (κ2) is 5.30. The van der Waals surface area contributed by atoms with E-state index in [2.05, 4.69) is 31.9 Å². The van der Waals surface area contributed by atoms with Crippen molar-refractivity contribution in [3.63, 3.8) is 0 Å². The molecule has 86 valence electrons. The van der Waals surface area contributed by atoms with E-state index >= 15 is 0 Å². The third-order valence-electron chi connectivity index (χ3n) is 2.19. The Hall–Kier alpha value is -0.0900. The molecule has 2 nitrogen and oxygen atoms in total. The molecule has 0 saturated heterocycles. The second-order valence-electron chi connectivity index (χ2n) is 4.68. The lowest BCUT2D eigenvalue weighted by atomic mass is 10.0. The van der Waals surface area contributed by atoms with Gasteiger partial charge in [-0.05, 0) is 46.0 Å². The van der Waals surface area contributed by atoms with Gasteiger partial charge in [0, 0.05) is 17.0 Å². The van der Waals surface area contributed by atoms with Crippen LogP contribution in [0, 0.1) is 0 Å². The minimum atomic E-state index is -0.0820. The highest BCUT2D eigenvalue weighted by Crippen LogP contribution is 2.22. The van der Waals surface area contributed by atoms with Crippen LogP contribution >= 0.6 is 22.9 Å². The highest BCUT2D eigenvalue weighted by molar-refractivity contribution is 7.16. The van der Waals surface area contributed by atoms with Crippen molar-refractivity contribution in [1.29, 1.82) is 0 Å². The zero-order valence-electron chi connectivity index (χ0n) is 9.59. The molecule has 15 heavy (non-hydrogen) atoms. The summed E-state index contributed by atoms with van der Waals surface area (Å²) in [7, 11) is 2.11. The Morgan fingerprint density at radius 2 is 2.13 bits per heavy atom. The second-order valence-corrected chi connectivity index (χ2v) is 6.48. The predicted molar refractivity (Wildman–Crippen MR) is 68.5 cm³/mol. The van der Waals surface area contributed by atoms with Crippen molar-refractivity contribution in [2.45, 2.75) is 32.4 Å². The number of nitrogens with two attached hydrogens (primary N) is 1. The first-order valence-electron chi connectivity index (χ1n) is 5.08. The van der Waals surface area contributed by atoms with E-state index in [1.54, 1.807) is 11.3 Å². The molecular formula is C11H19ClN2S. The van der Waals surface area contributed by atoms with E-state index in [0.717, 1.165) is 23.8 Å². The van der Waals surface area contributed by atoms with Crippen molar-refractivity contribution in [2.75, 3.05) is 13.6 Å². The summed E-state index contributed by atoms with van der Waals surface area (Å²) in [5.74, 6) is 0. The average molecular weight is 247 g/mol. The Balaban J connectivity index is 2.33. The fraction of sp³-hybridized carbons (Fsp3) is 0.636. The third-order valence-corrected chi connectivity index (χ3v) is 3.41. The maximum Gasteiger partial charge on any atom is 0.0931 e. The molecule has 1 rings (SSSR count). The van der Waals surface area contributed by atoms with Crippen LogP contribution in [-0.4, -0.2) is 24.0 Å². The molecule has 1 heterocycles. The van der Waals surface area contributed by atoms with Crippen LogP contribution in [0.1, 0.15) is 25.1 Å². The number of hydrogen-bond donors (Lipinski definition) is 1. The van der Waals surface area contributed by atoms with E-state index in [-0.39, 0.29) is 5.54 Å². The quantitative estimate of drug-likeness (QED) is 0.866. The van der Waals surface area contributed by atoms with E-state index in [1.807, 2.05) is 6.07 Å². The van der Waals surface area contributed by atoms with Gasteiger partial charge in [-0.15, -0.1) is 11.3 Å². The molecule has 0 spiro atoms. The molecule has 0 unspecified atom stereocenters. The summed E-state index contributed by atoms with van der Waals surface area (Å²) >= 11 is 7.52. The summed E-state index contributed by atoms with van der Waals surface area (Å²) in [5.41, 5.74) is 5.85. The number of halogens is 1. The average Bonchev–Trinajstić information content (AvgIpc) is 2.47. The normalized spacial score (nSPS) is 12.4. The lowest BCUT2D eigenvalue weighted by molar-refractivity contribution is 0.291. The lowest BCUT2D eigenvalue weighted by Crippen LogP contribution is -2.36. The molecule has 0 saturated carbocycles. The van der Waals surface area contributed by atoms with E-state index in [4.69, 9.17) is 17.3 Å². The van der Waals surface area contributed by atoms with Gasteiger partial charge < -0.3 is 10.6 Å². The third kappa shape index (κ3) is 5.52. The maximum absolute atomic E-state index is 5.94. The van der Waals surface area contributed by atoms with Crippen molar-refractivity contribution in [1.82, 2.24) is 4.90 Å². The molecule has 0 aliphatic carbocycles.